The first-order valence-corrected chi connectivity index (χ1v) is 17.2. The largest absolute Gasteiger partial charge is 2.00 e. The van der Waals surface area contributed by atoms with Crippen molar-refractivity contribution in [2.24, 2.45) is 0 Å². The van der Waals surface area contributed by atoms with Gasteiger partial charge in [-0.2, -0.15) is 0 Å². The number of phenolic OH excluding ortho intramolecular Hbond substituents is 1. The molecule has 6 nitrogen and oxygen atoms in total. The first-order chi connectivity index (χ1) is 24.4. The van der Waals surface area contributed by atoms with Gasteiger partial charge in [-0.25, -0.2) is 0 Å². The summed E-state index contributed by atoms with van der Waals surface area (Å²) in [5, 5.41) is 13.3. The van der Waals surface area contributed by atoms with Crippen molar-refractivity contribution < 1.29 is 30.6 Å². The van der Waals surface area contributed by atoms with Gasteiger partial charge in [0.15, 0.2) is 5.58 Å². The SMILES string of the molecule is CC(C)c1cccc(C(C)C)c1-n1c(-c2[c-]c(N3[CH-]N(c4c(O)ccc5c4oc4ccccc45)c4ccccc43)ccc2)nc2ccccc21.[Pt+2]. The zero-order valence-corrected chi connectivity index (χ0v) is 31.0. The van der Waals surface area contributed by atoms with E-state index in [1.807, 2.05) is 60.1 Å². The number of furan rings is 1. The van der Waals surface area contributed by atoms with Crippen molar-refractivity contribution in [3.63, 3.8) is 0 Å². The molecule has 1 N–H and O–H groups in total. The smallest absolute Gasteiger partial charge is 0.506 e. The van der Waals surface area contributed by atoms with E-state index in [0.29, 0.717) is 23.1 Å². The monoisotopic (exact) mass is 847 g/mol. The molecule has 1 aliphatic heterocycles. The summed E-state index contributed by atoms with van der Waals surface area (Å²) in [6, 6.07) is 44.9. The minimum atomic E-state index is 0. The van der Waals surface area contributed by atoms with E-state index in [1.165, 1.54) is 16.8 Å². The van der Waals surface area contributed by atoms with Crippen molar-refractivity contribution in [1.82, 2.24) is 9.55 Å². The summed E-state index contributed by atoms with van der Waals surface area (Å²) in [5.74, 6) is 1.63. The molecule has 3 heterocycles. The molecule has 0 spiro atoms. The number of benzene rings is 6. The molecule has 9 rings (SSSR count). The van der Waals surface area contributed by atoms with Crippen LogP contribution in [0.1, 0.15) is 50.7 Å². The van der Waals surface area contributed by atoms with Crippen molar-refractivity contribution in [2.45, 2.75) is 39.5 Å². The van der Waals surface area contributed by atoms with Gasteiger partial charge in [-0.3, -0.25) is 4.98 Å². The van der Waals surface area contributed by atoms with E-state index in [2.05, 4.69) is 110 Å². The molecule has 0 fully saturated rings. The molecular formula is C44H36N4O2Pt. The zero-order valence-electron chi connectivity index (χ0n) is 28.7. The van der Waals surface area contributed by atoms with Crippen LogP contribution in [0.3, 0.4) is 0 Å². The third kappa shape index (κ3) is 5.24. The number of aromatic hydroxyl groups is 1. The summed E-state index contributed by atoms with van der Waals surface area (Å²) in [6.45, 7) is 11.0. The van der Waals surface area contributed by atoms with Gasteiger partial charge in [0.05, 0.1) is 22.5 Å². The second kappa shape index (κ2) is 12.8. The first-order valence-electron chi connectivity index (χ1n) is 17.2. The molecule has 254 valence electrons. The van der Waals surface area contributed by atoms with Crippen molar-refractivity contribution in [1.29, 1.82) is 0 Å². The maximum Gasteiger partial charge on any atom is 2.00 e. The van der Waals surface area contributed by atoms with Crippen LogP contribution in [0, 0.1) is 12.7 Å². The second-order valence-corrected chi connectivity index (χ2v) is 13.6. The number of para-hydroxylation sites is 6. The zero-order chi connectivity index (χ0) is 34.1. The quantitative estimate of drug-likeness (QED) is 0.169. The van der Waals surface area contributed by atoms with Gasteiger partial charge < -0.3 is 23.9 Å². The number of aromatic nitrogens is 2. The van der Waals surface area contributed by atoms with E-state index in [1.54, 1.807) is 6.07 Å². The standard InChI is InChI=1S/C44H36N4O2.Pt/c1-27(2)31-16-12-17-32(28(3)4)41(31)48-36-19-7-6-18-35(36)45-44(48)29-13-11-14-30(25-29)46-26-47(38-21-9-8-20-37(38)46)42-39(49)24-23-34-33-15-5-10-22-40(33)50-43(34)42;/h5-24,26-28,49H,1-4H3;/q-2;+2. The summed E-state index contributed by atoms with van der Waals surface area (Å²) < 4.78 is 8.72. The van der Waals surface area contributed by atoms with Crippen molar-refractivity contribution >= 4 is 55.7 Å². The Morgan fingerprint density at radius 3 is 2.10 bits per heavy atom. The van der Waals surface area contributed by atoms with Gasteiger partial charge in [-0.15, -0.1) is 36.5 Å². The number of rotatable bonds is 6. The third-order valence-electron chi connectivity index (χ3n) is 9.78. The van der Waals surface area contributed by atoms with Gasteiger partial charge in [-0.1, -0.05) is 94.0 Å². The van der Waals surface area contributed by atoms with E-state index >= 15 is 0 Å². The Labute approximate surface area is 311 Å². The fourth-order valence-electron chi connectivity index (χ4n) is 7.41. The maximum atomic E-state index is 11.3. The molecule has 6 aromatic carbocycles. The molecular weight excluding hydrogens is 812 g/mol. The van der Waals surface area contributed by atoms with E-state index in [9.17, 15) is 5.11 Å². The van der Waals surface area contributed by atoms with Crippen LogP contribution in [0.5, 0.6) is 5.75 Å². The van der Waals surface area contributed by atoms with E-state index in [4.69, 9.17) is 9.40 Å². The third-order valence-corrected chi connectivity index (χ3v) is 9.78. The fourth-order valence-corrected chi connectivity index (χ4v) is 7.41. The Balaban J connectivity index is 0.00000374. The van der Waals surface area contributed by atoms with Crippen LogP contribution in [0.4, 0.5) is 22.7 Å². The van der Waals surface area contributed by atoms with Crippen molar-refractivity contribution in [2.75, 3.05) is 9.80 Å². The molecule has 8 aromatic rings. The topological polar surface area (TPSA) is 57.7 Å². The van der Waals surface area contributed by atoms with Gasteiger partial charge in [0.2, 0.25) is 0 Å². The predicted octanol–water partition coefficient (Wildman–Crippen LogP) is 11.8. The Morgan fingerprint density at radius 2 is 1.33 bits per heavy atom. The van der Waals surface area contributed by atoms with Gasteiger partial charge in [-0.05, 0) is 65.4 Å². The molecule has 0 saturated heterocycles. The molecule has 7 heteroatoms. The maximum absolute atomic E-state index is 11.3. The predicted molar refractivity (Wildman–Crippen MR) is 204 cm³/mol. The summed E-state index contributed by atoms with van der Waals surface area (Å²) in [7, 11) is 0. The summed E-state index contributed by atoms with van der Waals surface area (Å²) in [5.41, 5.74) is 11.4. The fraction of sp³-hybridized carbons (Fsp3) is 0.136. The van der Waals surface area contributed by atoms with Crippen LogP contribution in [0.25, 0.3) is 50.0 Å². The Morgan fingerprint density at radius 1 is 0.667 bits per heavy atom. The number of anilines is 4. The number of imidazole rings is 1. The van der Waals surface area contributed by atoms with Gasteiger partial charge in [0.25, 0.3) is 0 Å². The Bertz CT molecular complexity index is 2560. The van der Waals surface area contributed by atoms with E-state index in [0.717, 1.165) is 55.8 Å². The van der Waals surface area contributed by atoms with Gasteiger partial charge in [0, 0.05) is 27.8 Å². The molecule has 0 atom stereocenters. The second-order valence-electron chi connectivity index (χ2n) is 13.6. The molecule has 51 heavy (non-hydrogen) atoms. The van der Waals surface area contributed by atoms with Crippen LogP contribution in [0.2, 0.25) is 0 Å². The Kier molecular flexibility index (Phi) is 8.23. The van der Waals surface area contributed by atoms with Gasteiger partial charge >= 0.3 is 21.1 Å². The van der Waals surface area contributed by atoms with Crippen LogP contribution < -0.4 is 9.80 Å². The van der Waals surface area contributed by atoms with Crippen LogP contribution >= 0.6 is 0 Å². The average molecular weight is 848 g/mol. The Hall–Kier alpha value is -5.32. The minimum Gasteiger partial charge on any atom is -0.506 e. The number of phenols is 1. The number of hydrogen-bond donors (Lipinski definition) is 1. The van der Waals surface area contributed by atoms with Crippen molar-refractivity contribution in [3.05, 3.63) is 145 Å². The average Bonchev–Trinajstić information content (AvgIpc) is 3.83. The minimum absolute atomic E-state index is 0. The molecule has 1 aliphatic rings. The van der Waals surface area contributed by atoms with Gasteiger partial charge in [0.1, 0.15) is 11.3 Å². The van der Waals surface area contributed by atoms with E-state index < -0.39 is 0 Å². The molecule has 0 saturated carbocycles. The number of hydrogen-bond acceptors (Lipinski definition) is 5. The van der Waals surface area contributed by atoms with Crippen LogP contribution in [-0.2, 0) is 21.1 Å². The number of fused-ring (bicyclic) bond motifs is 5. The normalized spacial score (nSPS) is 12.8. The summed E-state index contributed by atoms with van der Waals surface area (Å²) in [4.78, 5) is 9.38. The first kappa shape index (κ1) is 32.9. The number of nitrogens with zero attached hydrogens (tertiary/aromatic N) is 4. The van der Waals surface area contributed by atoms with Crippen LogP contribution in [-0.4, -0.2) is 14.7 Å². The molecule has 0 unspecified atom stereocenters. The summed E-state index contributed by atoms with van der Waals surface area (Å²) in [6.07, 6.45) is 0. The van der Waals surface area contributed by atoms with Crippen LogP contribution in [0.15, 0.2) is 126 Å². The molecule has 0 aliphatic carbocycles. The molecule has 0 radical (unpaired) electrons. The molecule has 2 aromatic heterocycles. The molecule has 0 bridgehead atoms. The molecule has 0 amide bonds. The summed E-state index contributed by atoms with van der Waals surface area (Å²) >= 11 is 0. The van der Waals surface area contributed by atoms with Crippen molar-refractivity contribution in [3.8, 4) is 22.8 Å². The van der Waals surface area contributed by atoms with E-state index in [-0.39, 0.29) is 26.8 Å².